The Morgan fingerprint density at radius 3 is 2.48 bits per heavy atom. The molecule has 0 aromatic rings. The molecule has 0 atom stereocenters. The van der Waals surface area contributed by atoms with E-state index in [9.17, 15) is 9.59 Å². The summed E-state index contributed by atoms with van der Waals surface area (Å²) in [6, 6.07) is 0. The van der Waals surface area contributed by atoms with Crippen LogP contribution < -0.4 is 5.32 Å². The average Bonchev–Trinajstić information content (AvgIpc) is 2.58. The van der Waals surface area contributed by atoms with E-state index in [1.807, 2.05) is 25.2 Å². The number of esters is 1. The van der Waals surface area contributed by atoms with Crippen molar-refractivity contribution in [3.05, 3.63) is 58.7 Å². The van der Waals surface area contributed by atoms with E-state index < -0.39 is 5.97 Å². The number of amides is 1. The summed E-state index contributed by atoms with van der Waals surface area (Å²) in [7, 11) is 0. The predicted octanol–water partition coefficient (Wildman–Crippen LogP) is 5.59. The Bertz CT molecular complexity index is 746. The molecule has 1 aliphatic rings. The second-order valence-corrected chi connectivity index (χ2v) is 8.68. The molecule has 0 spiro atoms. The van der Waals surface area contributed by atoms with Gasteiger partial charge in [-0.25, -0.2) is 0 Å². The topological polar surface area (TPSA) is 55.4 Å². The van der Waals surface area contributed by atoms with Gasteiger partial charge >= 0.3 is 5.97 Å². The van der Waals surface area contributed by atoms with Crippen molar-refractivity contribution in [3.63, 3.8) is 0 Å². The SMILES string of the molecule is CC1=C(/C=C/C(C)=C/C=C/C(C)=C/C(=O)NCC(=O)OC(C)C)C(C)(C)CCC1. The van der Waals surface area contributed by atoms with Crippen molar-refractivity contribution in [3.8, 4) is 0 Å². The van der Waals surface area contributed by atoms with Gasteiger partial charge in [-0.05, 0) is 70.4 Å². The van der Waals surface area contributed by atoms with E-state index in [0.717, 1.165) is 11.1 Å². The summed E-state index contributed by atoms with van der Waals surface area (Å²) < 4.78 is 4.98. The lowest BCUT2D eigenvalue weighted by atomic mass is 9.72. The molecule has 0 radical (unpaired) electrons. The molecule has 1 N–H and O–H groups in total. The zero-order valence-electron chi connectivity index (χ0n) is 19.1. The molecule has 0 saturated carbocycles. The number of carbonyl (C=O) groups excluding carboxylic acids is 2. The molecule has 0 unspecified atom stereocenters. The van der Waals surface area contributed by atoms with Crippen LogP contribution in [0.1, 0.15) is 67.7 Å². The van der Waals surface area contributed by atoms with Crippen LogP contribution in [0.25, 0.3) is 0 Å². The van der Waals surface area contributed by atoms with Crippen LogP contribution in [0.15, 0.2) is 58.7 Å². The van der Waals surface area contributed by atoms with Crippen LogP contribution >= 0.6 is 0 Å². The summed E-state index contributed by atoms with van der Waals surface area (Å²) >= 11 is 0. The van der Waals surface area contributed by atoms with Crippen molar-refractivity contribution in [1.29, 1.82) is 0 Å². The van der Waals surface area contributed by atoms with Gasteiger partial charge in [-0.3, -0.25) is 9.59 Å². The van der Waals surface area contributed by atoms with Crippen molar-refractivity contribution >= 4 is 11.9 Å². The highest BCUT2D eigenvalue weighted by Crippen LogP contribution is 2.40. The van der Waals surface area contributed by atoms with E-state index in [1.165, 1.54) is 36.5 Å². The Kier molecular flexibility index (Phi) is 9.87. The first-order valence-corrected chi connectivity index (χ1v) is 10.4. The molecule has 1 aliphatic carbocycles. The Morgan fingerprint density at radius 1 is 1.17 bits per heavy atom. The van der Waals surface area contributed by atoms with Crippen molar-refractivity contribution in [2.75, 3.05) is 6.54 Å². The second-order valence-electron chi connectivity index (χ2n) is 8.68. The molecule has 0 aromatic heterocycles. The highest BCUT2D eigenvalue weighted by atomic mass is 16.5. The van der Waals surface area contributed by atoms with E-state index in [4.69, 9.17) is 4.74 Å². The lowest BCUT2D eigenvalue weighted by Gasteiger charge is -2.32. The molecule has 0 heterocycles. The maximum atomic E-state index is 11.8. The van der Waals surface area contributed by atoms with Crippen LogP contribution in [-0.2, 0) is 14.3 Å². The fourth-order valence-corrected chi connectivity index (χ4v) is 3.40. The van der Waals surface area contributed by atoms with Gasteiger partial charge in [0.15, 0.2) is 0 Å². The van der Waals surface area contributed by atoms with E-state index in [0.29, 0.717) is 0 Å². The summed E-state index contributed by atoms with van der Waals surface area (Å²) in [4.78, 5) is 23.3. The molecule has 0 bridgehead atoms. The van der Waals surface area contributed by atoms with E-state index in [-0.39, 0.29) is 24.0 Å². The van der Waals surface area contributed by atoms with Crippen LogP contribution in [0, 0.1) is 5.41 Å². The van der Waals surface area contributed by atoms with E-state index in [2.05, 4.69) is 45.2 Å². The number of nitrogens with one attached hydrogen (secondary N) is 1. The minimum absolute atomic E-state index is 0.125. The molecular formula is C25H37NO3. The van der Waals surface area contributed by atoms with Crippen LogP contribution in [0.5, 0.6) is 0 Å². The fourth-order valence-electron chi connectivity index (χ4n) is 3.40. The van der Waals surface area contributed by atoms with Crippen LogP contribution in [-0.4, -0.2) is 24.5 Å². The summed E-state index contributed by atoms with van der Waals surface area (Å²) in [6.07, 6.45) is 15.2. The third kappa shape index (κ3) is 9.60. The van der Waals surface area contributed by atoms with Crippen LogP contribution in [0.3, 0.4) is 0 Å². The number of hydrogen-bond acceptors (Lipinski definition) is 3. The first-order valence-electron chi connectivity index (χ1n) is 10.4. The number of ether oxygens (including phenoxy) is 1. The van der Waals surface area contributed by atoms with Gasteiger partial charge in [0.25, 0.3) is 0 Å². The van der Waals surface area contributed by atoms with Gasteiger partial charge in [-0.15, -0.1) is 0 Å². The Hall–Kier alpha value is -2.36. The summed E-state index contributed by atoms with van der Waals surface area (Å²) in [6.45, 7) is 14.2. The normalized spacial score (nSPS) is 18.1. The predicted molar refractivity (Wildman–Crippen MR) is 120 cm³/mol. The highest BCUT2D eigenvalue weighted by molar-refractivity contribution is 5.91. The van der Waals surface area contributed by atoms with Crippen molar-refractivity contribution in [2.45, 2.75) is 73.8 Å². The monoisotopic (exact) mass is 399 g/mol. The fraction of sp³-hybridized carbons (Fsp3) is 0.520. The molecule has 160 valence electrons. The Morgan fingerprint density at radius 2 is 1.86 bits per heavy atom. The largest absolute Gasteiger partial charge is 0.462 e. The zero-order valence-corrected chi connectivity index (χ0v) is 19.1. The maximum Gasteiger partial charge on any atom is 0.325 e. The first kappa shape index (κ1) is 24.7. The summed E-state index contributed by atoms with van der Waals surface area (Å²) in [5, 5.41) is 2.53. The molecule has 1 amide bonds. The molecule has 29 heavy (non-hydrogen) atoms. The molecule has 4 heteroatoms. The number of hydrogen-bond donors (Lipinski definition) is 1. The number of carbonyl (C=O) groups is 2. The number of allylic oxidation sites excluding steroid dienone is 9. The summed E-state index contributed by atoms with van der Waals surface area (Å²) in [5.41, 5.74) is 5.13. The van der Waals surface area contributed by atoms with Gasteiger partial charge in [0.1, 0.15) is 6.54 Å². The molecule has 1 rings (SSSR count). The summed E-state index contributed by atoms with van der Waals surface area (Å²) in [5.74, 6) is -0.748. The van der Waals surface area contributed by atoms with Gasteiger partial charge < -0.3 is 10.1 Å². The third-order valence-corrected chi connectivity index (χ3v) is 4.91. The minimum atomic E-state index is -0.438. The van der Waals surface area contributed by atoms with E-state index >= 15 is 0 Å². The molecular weight excluding hydrogens is 362 g/mol. The van der Waals surface area contributed by atoms with Crippen LogP contribution in [0.2, 0.25) is 0 Å². The Labute approximate surface area is 176 Å². The molecule has 0 fully saturated rings. The van der Waals surface area contributed by atoms with Crippen molar-refractivity contribution < 1.29 is 14.3 Å². The first-order chi connectivity index (χ1) is 13.5. The van der Waals surface area contributed by atoms with Gasteiger partial charge in [-0.1, -0.05) is 55.4 Å². The molecule has 4 nitrogen and oxygen atoms in total. The van der Waals surface area contributed by atoms with Crippen molar-refractivity contribution in [2.24, 2.45) is 5.41 Å². The molecule has 0 saturated heterocycles. The lowest BCUT2D eigenvalue weighted by Crippen LogP contribution is -2.30. The smallest absolute Gasteiger partial charge is 0.325 e. The third-order valence-electron chi connectivity index (χ3n) is 4.91. The quantitative estimate of drug-likeness (QED) is 0.329. The minimum Gasteiger partial charge on any atom is -0.462 e. The zero-order chi connectivity index (χ0) is 22.0. The lowest BCUT2D eigenvalue weighted by molar-refractivity contribution is -0.147. The van der Waals surface area contributed by atoms with Crippen LogP contribution in [0.4, 0.5) is 0 Å². The molecule has 0 aliphatic heterocycles. The number of rotatable bonds is 8. The van der Waals surface area contributed by atoms with Crippen molar-refractivity contribution in [1.82, 2.24) is 5.32 Å². The van der Waals surface area contributed by atoms with E-state index in [1.54, 1.807) is 13.8 Å². The van der Waals surface area contributed by atoms with Gasteiger partial charge in [0.05, 0.1) is 6.10 Å². The van der Waals surface area contributed by atoms with Gasteiger partial charge in [0.2, 0.25) is 5.91 Å². The average molecular weight is 400 g/mol. The standard InChI is InChI=1S/C25H37NO3/c1-18(2)29-24(28)17-26-23(27)16-20(4)11-8-10-19(3)13-14-22-21(5)12-9-15-25(22,6)7/h8,10-11,13-14,16,18H,9,12,15,17H2,1-7H3,(H,26,27)/b11-8+,14-13+,19-10+,20-16+. The molecule has 0 aromatic carbocycles. The maximum absolute atomic E-state index is 11.8. The van der Waals surface area contributed by atoms with Gasteiger partial charge in [-0.2, -0.15) is 0 Å². The second kappa shape index (κ2) is 11.6. The van der Waals surface area contributed by atoms with Gasteiger partial charge in [0, 0.05) is 6.08 Å². The Balaban J connectivity index is 2.61. The highest BCUT2D eigenvalue weighted by Gasteiger charge is 2.26.